The Morgan fingerprint density at radius 1 is 1.27 bits per heavy atom. The Balaban J connectivity index is 2.32. The van der Waals surface area contributed by atoms with Crippen LogP contribution in [0.3, 0.4) is 0 Å². The summed E-state index contributed by atoms with van der Waals surface area (Å²) in [6.45, 7) is 1.54. The molecule has 0 radical (unpaired) electrons. The number of carboxylic acids is 1. The van der Waals surface area contributed by atoms with Crippen LogP contribution in [0.1, 0.15) is 35.3 Å². The molecule has 0 saturated heterocycles. The predicted octanol–water partition coefficient (Wildman–Crippen LogP) is 5.29. The number of carboxylic acid groups (broad SMARTS) is 1. The molecule has 11 heteroatoms. The molecule has 0 aliphatic carbocycles. The van der Waals surface area contributed by atoms with Gasteiger partial charge in [-0.3, -0.25) is 4.79 Å². The minimum absolute atomic E-state index is 0.0301. The molecule has 1 N–H and O–H groups in total. The van der Waals surface area contributed by atoms with Gasteiger partial charge >= 0.3 is 12.1 Å². The van der Waals surface area contributed by atoms with Gasteiger partial charge in [0.2, 0.25) is 0 Å². The maximum atomic E-state index is 14.6. The van der Waals surface area contributed by atoms with Gasteiger partial charge in [0.05, 0.1) is 15.8 Å². The minimum atomic E-state index is -4.93. The largest absolute Gasteiger partial charge is 0.480 e. The minimum Gasteiger partial charge on any atom is -0.480 e. The summed E-state index contributed by atoms with van der Waals surface area (Å²) in [5, 5.41) is 9.80. The van der Waals surface area contributed by atoms with Crippen LogP contribution in [0.25, 0.3) is 10.2 Å². The van der Waals surface area contributed by atoms with Crippen LogP contribution in [-0.4, -0.2) is 21.6 Å². The van der Waals surface area contributed by atoms with Crippen molar-refractivity contribution >= 4 is 45.0 Å². The molecule has 0 saturated carbocycles. The van der Waals surface area contributed by atoms with E-state index in [4.69, 9.17) is 11.6 Å². The monoisotopic (exact) mass is 460 g/mol. The highest BCUT2D eigenvalue weighted by atomic mass is 35.5. The van der Waals surface area contributed by atoms with E-state index in [1.165, 1.54) is 31.2 Å². The van der Waals surface area contributed by atoms with E-state index in [2.05, 4.69) is 4.99 Å². The van der Waals surface area contributed by atoms with E-state index in [1.54, 1.807) is 0 Å². The van der Waals surface area contributed by atoms with Crippen molar-refractivity contribution in [3.63, 3.8) is 0 Å². The molecular weight excluding hydrogens is 448 g/mol. The highest BCUT2D eigenvalue weighted by Crippen LogP contribution is 2.36. The molecule has 0 aliphatic rings. The molecule has 1 heterocycles. The van der Waals surface area contributed by atoms with Crippen LogP contribution < -0.4 is 4.80 Å². The number of fused-ring (bicyclic) bond motifs is 1. The number of hydrogen-bond acceptors (Lipinski definition) is 3. The van der Waals surface area contributed by atoms with Crippen LogP contribution in [0, 0.1) is 5.82 Å². The van der Waals surface area contributed by atoms with Gasteiger partial charge in [0.1, 0.15) is 6.04 Å². The van der Waals surface area contributed by atoms with E-state index in [0.29, 0.717) is 17.4 Å². The first-order valence-corrected chi connectivity index (χ1v) is 9.72. The van der Waals surface area contributed by atoms with Crippen molar-refractivity contribution in [2.24, 2.45) is 4.99 Å². The second-order valence-electron chi connectivity index (χ2n) is 6.22. The molecule has 1 aromatic heterocycles. The summed E-state index contributed by atoms with van der Waals surface area (Å²) in [5.74, 6) is -3.64. The number of carbonyl (C=O) groups excluding carboxylic acids is 1. The molecule has 3 aromatic rings. The first kappa shape index (κ1) is 22.0. The van der Waals surface area contributed by atoms with Crippen molar-refractivity contribution in [3.8, 4) is 0 Å². The molecule has 1 amide bonds. The predicted molar refractivity (Wildman–Crippen MR) is 103 cm³/mol. The van der Waals surface area contributed by atoms with Crippen molar-refractivity contribution < 1.29 is 32.3 Å². The third kappa shape index (κ3) is 4.10. The number of aliphatic carboxylic acids is 1. The van der Waals surface area contributed by atoms with Gasteiger partial charge in [-0.25, -0.2) is 9.18 Å². The average Bonchev–Trinajstić information content (AvgIpc) is 3.00. The fraction of sp³-hybridized carbons (Fsp3) is 0.211. The summed E-state index contributed by atoms with van der Waals surface area (Å²) in [7, 11) is 0. The number of rotatable bonds is 4. The molecule has 30 heavy (non-hydrogen) atoms. The maximum Gasteiger partial charge on any atom is 0.419 e. The first-order valence-electron chi connectivity index (χ1n) is 8.52. The van der Waals surface area contributed by atoms with Gasteiger partial charge in [-0.15, -0.1) is 0 Å². The lowest BCUT2D eigenvalue weighted by atomic mass is 10.1. The van der Waals surface area contributed by atoms with Gasteiger partial charge in [-0.2, -0.15) is 18.2 Å². The van der Waals surface area contributed by atoms with Crippen LogP contribution in [0.15, 0.2) is 41.4 Å². The fourth-order valence-electron chi connectivity index (χ4n) is 2.91. The number of thiazole rings is 1. The number of hydrogen-bond donors (Lipinski definition) is 1. The number of carbonyl (C=O) groups is 2. The van der Waals surface area contributed by atoms with Gasteiger partial charge < -0.3 is 9.67 Å². The summed E-state index contributed by atoms with van der Waals surface area (Å²) in [6.07, 6.45) is -4.90. The summed E-state index contributed by atoms with van der Waals surface area (Å²) >= 11 is 6.33. The Morgan fingerprint density at radius 2 is 1.97 bits per heavy atom. The molecule has 1 unspecified atom stereocenters. The molecule has 158 valence electrons. The normalized spacial score (nSPS) is 13.6. The zero-order chi connectivity index (χ0) is 22.2. The lowest BCUT2D eigenvalue weighted by Crippen LogP contribution is -2.27. The number of benzene rings is 2. The fourth-order valence-corrected chi connectivity index (χ4v) is 4.21. The maximum absolute atomic E-state index is 14.6. The standard InChI is InChI=1S/C19H13ClF4N2O3S/c1-2-12(17(28)29)26-13-7-6-11(19(22,23)24)14(21)15(13)30-18(26)25-16(27)9-4-3-5-10(20)8-9/h3-8,12H,2H2,1H3,(H,28,29)/b25-18-. The molecule has 0 fully saturated rings. The van der Waals surface area contributed by atoms with Crippen molar-refractivity contribution in [1.29, 1.82) is 0 Å². The van der Waals surface area contributed by atoms with Gasteiger partial charge in [0.25, 0.3) is 5.91 Å². The molecule has 0 bridgehead atoms. The zero-order valence-corrected chi connectivity index (χ0v) is 16.8. The van der Waals surface area contributed by atoms with E-state index in [9.17, 15) is 32.3 Å². The Kier molecular flexibility index (Phi) is 6.00. The number of halogens is 5. The molecule has 0 spiro atoms. The number of nitrogens with zero attached hydrogens (tertiary/aromatic N) is 2. The average molecular weight is 461 g/mol. The van der Waals surface area contributed by atoms with Gasteiger partial charge in [-0.1, -0.05) is 35.9 Å². The van der Waals surface area contributed by atoms with Crippen molar-refractivity contribution in [1.82, 2.24) is 4.57 Å². The van der Waals surface area contributed by atoms with Crippen molar-refractivity contribution in [2.75, 3.05) is 0 Å². The third-order valence-electron chi connectivity index (χ3n) is 4.29. The van der Waals surface area contributed by atoms with Gasteiger partial charge in [-0.05, 0) is 36.8 Å². The summed E-state index contributed by atoms with van der Waals surface area (Å²) < 4.78 is 54.5. The van der Waals surface area contributed by atoms with E-state index >= 15 is 0 Å². The second-order valence-corrected chi connectivity index (χ2v) is 7.63. The topological polar surface area (TPSA) is 71.7 Å². The van der Waals surface area contributed by atoms with Crippen molar-refractivity contribution in [2.45, 2.75) is 25.6 Å². The Hall–Kier alpha value is -2.72. The SMILES string of the molecule is CCC(C(=O)O)n1/c(=N/C(=O)c2cccc(Cl)c2)sc2c(F)c(C(F)(F)F)ccc21. The van der Waals surface area contributed by atoms with Gasteiger partial charge in [0, 0.05) is 10.6 Å². The van der Waals surface area contributed by atoms with E-state index < -0.39 is 40.2 Å². The van der Waals surface area contributed by atoms with Crippen LogP contribution in [0.4, 0.5) is 17.6 Å². The second kappa shape index (κ2) is 8.19. The van der Waals surface area contributed by atoms with Crippen LogP contribution in [-0.2, 0) is 11.0 Å². The molecule has 5 nitrogen and oxygen atoms in total. The lowest BCUT2D eigenvalue weighted by Gasteiger charge is -2.14. The Bertz CT molecular complexity index is 1220. The molecule has 1 atom stereocenters. The molecule has 0 aliphatic heterocycles. The highest BCUT2D eigenvalue weighted by molar-refractivity contribution is 7.16. The number of alkyl halides is 3. The smallest absolute Gasteiger partial charge is 0.419 e. The number of aromatic nitrogens is 1. The van der Waals surface area contributed by atoms with E-state index in [-0.39, 0.29) is 27.3 Å². The van der Waals surface area contributed by atoms with Crippen molar-refractivity contribution in [3.05, 3.63) is 63.2 Å². The molecular formula is C19H13ClF4N2O3S. The number of amides is 1. The van der Waals surface area contributed by atoms with Crippen LogP contribution in [0.2, 0.25) is 5.02 Å². The summed E-state index contributed by atoms with van der Waals surface area (Å²) in [5.41, 5.74) is -1.50. The molecule has 3 rings (SSSR count). The zero-order valence-electron chi connectivity index (χ0n) is 15.2. The van der Waals surface area contributed by atoms with E-state index in [0.717, 1.165) is 10.6 Å². The summed E-state index contributed by atoms with van der Waals surface area (Å²) in [6, 6.07) is 6.05. The Morgan fingerprint density at radius 3 is 2.53 bits per heavy atom. The summed E-state index contributed by atoms with van der Waals surface area (Å²) in [4.78, 5) is 27.9. The highest BCUT2D eigenvalue weighted by Gasteiger charge is 2.36. The molecule has 2 aromatic carbocycles. The first-order chi connectivity index (χ1) is 14.0. The van der Waals surface area contributed by atoms with Crippen LogP contribution in [0.5, 0.6) is 0 Å². The van der Waals surface area contributed by atoms with E-state index in [1.807, 2.05) is 0 Å². The van der Waals surface area contributed by atoms with Crippen LogP contribution >= 0.6 is 22.9 Å². The third-order valence-corrected chi connectivity index (χ3v) is 5.59. The lowest BCUT2D eigenvalue weighted by molar-refractivity contribution is -0.141. The Labute approximate surface area is 175 Å². The quantitative estimate of drug-likeness (QED) is 0.538. The van der Waals surface area contributed by atoms with Gasteiger partial charge in [0.15, 0.2) is 10.6 Å².